The van der Waals surface area contributed by atoms with Gasteiger partial charge in [-0.05, 0) is 38.5 Å². The SMILES string of the molecule is C1=C(c2ccccn2)[Si](c2ccccc2)(c2ccccc2)c2ccccc21. The molecule has 0 aliphatic carbocycles. The van der Waals surface area contributed by atoms with E-state index in [1.165, 1.54) is 26.3 Å². The van der Waals surface area contributed by atoms with Crippen LogP contribution in [0, 0.1) is 0 Å². The Bertz CT molecular complexity index is 1060. The molecule has 27 heavy (non-hydrogen) atoms. The minimum Gasteiger partial charge on any atom is -0.257 e. The van der Waals surface area contributed by atoms with E-state index in [4.69, 9.17) is 4.98 Å². The van der Waals surface area contributed by atoms with E-state index in [2.05, 4.69) is 103 Å². The lowest BCUT2D eigenvalue weighted by atomic mass is 10.2. The summed E-state index contributed by atoms with van der Waals surface area (Å²) in [6.07, 6.45) is 4.26. The predicted octanol–water partition coefficient (Wildman–Crippen LogP) is 3.65. The molecule has 0 N–H and O–H groups in total. The molecule has 1 aliphatic rings. The Morgan fingerprint density at radius 3 is 1.78 bits per heavy atom. The van der Waals surface area contributed by atoms with Crippen molar-refractivity contribution in [1.82, 2.24) is 4.98 Å². The van der Waals surface area contributed by atoms with E-state index in [1.54, 1.807) is 0 Å². The van der Waals surface area contributed by atoms with Crippen LogP contribution in [0.25, 0.3) is 11.3 Å². The second-order valence-corrected chi connectivity index (χ2v) is 10.6. The maximum Gasteiger partial charge on any atom is 0.182 e. The standard InChI is InChI=1S/C25H19NSi/c1-3-12-21(13-4-1)27(22-14-5-2-6-15-22)24-17-8-7-11-20(24)19-25(27)23-16-9-10-18-26-23/h1-19H. The molecule has 2 heterocycles. The first-order chi connectivity index (χ1) is 13.4. The van der Waals surface area contributed by atoms with Gasteiger partial charge in [-0.1, -0.05) is 97.1 Å². The van der Waals surface area contributed by atoms with E-state index in [0.717, 1.165) is 5.69 Å². The zero-order valence-corrected chi connectivity index (χ0v) is 15.9. The van der Waals surface area contributed by atoms with Crippen molar-refractivity contribution in [2.24, 2.45) is 0 Å². The van der Waals surface area contributed by atoms with Crippen LogP contribution in [-0.2, 0) is 0 Å². The highest BCUT2D eigenvalue weighted by Crippen LogP contribution is 2.33. The van der Waals surface area contributed by atoms with E-state index in [1.807, 2.05) is 12.3 Å². The number of benzene rings is 3. The van der Waals surface area contributed by atoms with Crippen LogP contribution in [0.4, 0.5) is 0 Å². The largest absolute Gasteiger partial charge is 0.257 e. The van der Waals surface area contributed by atoms with Crippen LogP contribution in [0.2, 0.25) is 0 Å². The fraction of sp³-hybridized carbons (Fsp3) is 0. The Morgan fingerprint density at radius 1 is 0.556 bits per heavy atom. The molecular weight excluding hydrogens is 342 g/mol. The summed E-state index contributed by atoms with van der Waals surface area (Å²) >= 11 is 0. The minimum atomic E-state index is -2.38. The average molecular weight is 362 g/mol. The van der Waals surface area contributed by atoms with E-state index in [0.29, 0.717) is 0 Å². The highest BCUT2D eigenvalue weighted by Gasteiger charge is 2.48. The third-order valence-corrected chi connectivity index (χ3v) is 10.3. The molecule has 0 saturated carbocycles. The fourth-order valence-electron chi connectivity index (χ4n) is 4.33. The zero-order valence-electron chi connectivity index (χ0n) is 14.9. The molecule has 4 aromatic rings. The van der Waals surface area contributed by atoms with Gasteiger partial charge in [0.05, 0.1) is 5.69 Å². The molecule has 1 aliphatic heterocycles. The molecule has 0 unspecified atom stereocenters. The monoisotopic (exact) mass is 361 g/mol. The molecule has 1 nitrogen and oxygen atoms in total. The Morgan fingerprint density at radius 2 is 1.15 bits per heavy atom. The quantitative estimate of drug-likeness (QED) is 0.508. The van der Waals surface area contributed by atoms with Gasteiger partial charge in [-0.25, -0.2) is 0 Å². The van der Waals surface area contributed by atoms with E-state index >= 15 is 0 Å². The fourth-order valence-corrected chi connectivity index (χ4v) is 9.42. The van der Waals surface area contributed by atoms with E-state index in [9.17, 15) is 0 Å². The molecule has 2 heteroatoms. The Labute approximate surface area is 160 Å². The molecule has 5 rings (SSSR count). The van der Waals surface area contributed by atoms with Gasteiger partial charge in [0, 0.05) is 6.20 Å². The molecule has 0 bridgehead atoms. The van der Waals surface area contributed by atoms with Crippen molar-refractivity contribution in [3.8, 4) is 0 Å². The second-order valence-electron chi connectivity index (χ2n) is 6.84. The van der Waals surface area contributed by atoms with Gasteiger partial charge in [-0.3, -0.25) is 4.98 Å². The number of fused-ring (bicyclic) bond motifs is 1. The van der Waals surface area contributed by atoms with Crippen LogP contribution in [0.1, 0.15) is 11.3 Å². The molecule has 0 fully saturated rings. The van der Waals surface area contributed by atoms with Crippen LogP contribution in [0.3, 0.4) is 0 Å². The van der Waals surface area contributed by atoms with Crippen molar-refractivity contribution in [1.29, 1.82) is 0 Å². The van der Waals surface area contributed by atoms with Crippen molar-refractivity contribution in [3.05, 3.63) is 121 Å². The van der Waals surface area contributed by atoms with Crippen molar-refractivity contribution in [2.75, 3.05) is 0 Å². The van der Waals surface area contributed by atoms with E-state index in [-0.39, 0.29) is 0 Å². The van der Waals surface area contributed by atoms with Crippen LogP contribution >= 0.6 is 0 Å². The molecule has 3 aromatic carbocycles. The Kier molecular flexibility index (Phi) is 3.84. The Balaban J connectivity index is 1.91. The second kappa shape index (κ2) is 6.49. The first kappa shape index (κ1) is 16.0. The van der Waals surface area contributed by atoms with Gasteiger partial charge in [0.15, 0.2) is 8.07 Å². The summed E-state index contributed by atoms with van der Waals surface area (Å²) in [7, 11) is -2.38. The lowest BCUT2D eigenvalue weighted by Gasteiger charge is -2.33. The van der Waals surface area contributed by atoms with Crippen LogP contribution in [0.15, 0.2) is 109 Å². The third-order valence-electron chi connectivity index (χ3n) is 5.42. The summed E-state index contributed by atoms with van der Waals surface area (Å²) in [5.74, 6) is 0. The molecule has 1 aromatic heterocycles. The lowest BCUT2D eigenvalue weighted by molar-refractivity contribution is 1.29. The first-order valence-corrected chi connectivity index (χ1v) is 11.2. The summed E-state index contributed by atoms with van der Waals surface area (Å²) in [4.78, 5) is 4.76. The molecule has 0 amide bonds. The highest BCUT2D eigenvalue weighted by molar-refractivity contribution is 7.24. The normalized spacial score (nSPS) is 14.4. The topological polar surface area (TPSA) is 12.9 Å². The highest BCUT2D eigenvalue weighted by atomic mass is 28.3. The number of rotatable bonds is 3. The van der Waals surface area contributed by atoms with Gasteiger partial charge in [0.1, 0.15) is 0 Å². The maximum absolute atomic E-state index is 4.76. The van der Waals surface area contributed by atoms with Crippen molar-refractivity contribution in [2.45, 2.75) is 0 Å². The smallest absolute Gasteiger partial charge is 0.182 e. The summed E-state index contributed by atoms with van der Waals surface area (Å²) < 4.78 is 0. The average Bonchev–Trinajstić information content (AvgIpc) is 3.12. The van der Waals surface area contributed by atoms with Gasteiger partial charge in [0.2, 0.25) is 0 Å². The third kappa shape index (κ3) is 2.41. The van der Waals surface area contributed by atoms with Crippen molar-refractivity contribution in [3.63, 3.8) is 0 Å². The molecule has 128 valence electrons. The lowest BCUT2D eigenvalue weighted by Crippen LogP contribution is -2.66. The van der Waals surface area contributed by atoms with Crippen LogP contribution < -0.4 is 15.6 Å². The Hall–Kier alpha value is -3.23. The number of aromatic nitrogens is 1. The number of hydrogen-bond donors (Lipinski definition) is 0. The molecule has 0 radical (unpaired) electrons. The van der Waals surface area contributed by atoms with E-state index < -0.39 is 8.07 Å². The zero-order chi connectivity index (χ0) is 18.1. The molecular formula is C25H19NSi. The summed E-state index contributed by atoms with van der Waals surface area (Å²) in [6, 6.07) is 37.0. The van der Waals surface area contributed by atoms with Crippen molar-refractivity contribution < 1.29 is 0 Å². The van der Waals surface area contributed by atoms with Crippen LogP contribution in [0.5, 0.6) is 0 Å². The summed E-state index contributed by atoms with van der Waals surface area (Å²) in [5, 5.41) is 5.61. The number of hydrogen-bond acceptors (Lipinski definition) is 1. The number of nitrogens with zero attached hydrogens (tertiary/aromatic N) is 1. The predicted molar refractivity (Wildman–Crippen MR) is 116 cm³/mol. The van der Waals surface area contributed by atoms with Crippen molar-refractivity contribution >= 4 is 34.9 Å². The molecule has 0 spiro atoms. The maximum atomic E-state index is 4.76. The molecule has 0 atom stereocenters. The number of pyridine rings is 1. The van der Waals surface area contributed by atoms with Gasteiger partial charge >= 0.3 is 0 Å². The minimum absolute atomic E-state index is 1.08. The van der Waals surface area contributed by atoms with Gasteiger partial charge in [-0.2, -0.15) is 0 Å². The van der Waals surface area contributed by atoms with Gasteiger partial charge in [0.25, 0.3) is 0 Å². The van der Waals surface area contributed by atoms with Crippen LogP contribution in [-0.4, -0.2) is 13.1 Å². The van der Waals surface area contributed by atoms with Gasteiger partial charge < -0.3 is 0 Å². The first-order valence-electron chi connectivity index (χ1n) is 9.25. The van der Waals surface area contributed by atoms with Gasteiger partial charge in [-0.15, -0.1) is 0 Å². The molecule has 0 saturated heterocycles. The summed E-state index contributed by atoms with van der Waals surface area (Å²) in [5.41, 5.74) is 2.39. The summed E-state index contributed by atoms with van der Waals surface area (Å²) in [6.45, 7) is 0.